The standard InChI is InChI=1S/C19H23BrClN3/c1-24(12-11-23-10-9-22)18-4-2-3-15(13-18)5-6-16-7-8-17(21)14-19(16)20/h2-8,13-14,23H,9-12,22H2,1H3. The molecule has 24 heavy (non-hydrogen) atoms. The molecule has 0 unspecified atom stereocenters. The monoisotopic (exact) mass is 407 g/mol. The van der Waals surface area contributed by atoms with Gasteiger partial charge in [-0.1, -0.05) is 57.9 Å². The van der Waals surface area contributed by atoms with E-state index in [0.717, 1.165) is 40.3 Å². The van der Waals surface area contributed by atoms with Crippen LogP contribution in [0, 0.1) is 0 Å². The van der Waals surface area contributed by atoms with Crippen LogP contribution in [0.2, 0.25) is 5.02 Å². The first-order valence-corrected chi connectivity index (χ1v) is 9.12. The largest absolute Gasteiger partial charge is 0.373 e. The Morgan fingerprint density at radius 2 is 2.00 bits per heavy atom. The van der Waals surface area contributed by atoms with E-state index in [9.17, 15) is 0 Å². The molecule has 0 bridgehead atoms. The van der Waals surface area contributed by atoms with E-state index in [1.165, 1.54) is 5.69 Å². The Labute approximate surface area is 157 Å². The molecule has 0 aliphatic carbocycles. The topological polar surface area (TPSA) is 41.3 Å². The second-order valence-corrected chi connectivity index (χ2v) is 6.85. The minimum absolute atomic E-state index is 0.671. The van der Waals surface area contributed by atoms with Gasteiger partial charge in [0, 0.05) is 48.4 Å². The van der Waals surface area contributed by atoms with Gasteiger partial charge in [0.05, 0.1) is 0 Å². The van der Waals surface area contributed by atoms with Crippen molar-refractivity contribution >= 4 is 45.4 Å². The van der Waals surface area contributed by atoms with Crippen molar-refractivity contribution in [2.45, 2.75) is 0 Å². The lowest BCUT2D eigenvalue weighted by Crippen LogP contribution is -2.31. The SMILES string of the molecule is CN(CCNCCN)c1cccc(C=Cc2ccc(Cl)cc2Br)c1. The van der Waals surface area contributed by atoms with Crippen LogP contribution >= 0.6 is 27.5 Å². The van der Waals surface area contributed by atoms with Gasteiger partial charge < -0.3 is 16.0 Å². The van der Waals surface area contributed by atoms with Crippen LogP contribution in [0.25, 0.3) is 12.2 Å². The highest BCUT2D eigenvalue weighted by Gasteiger charge is 2.01. The molecule has 0 saturated heterocycles. The summed E-state index contributed by atoms with van der Waals surface area (Å²) >= 11 is 9.52. The summed E-state index contributed by atoms with van der Waals surface area (Å²) in [5.41, 5.74) is 8.94. The smallest absolute Gasteiger partial charge is 0.0417 e. The van der Waals surface area contributed by atoms with Gasteiger partial charge in [-0.25, -0.2) is 0 Å². The average molecular weight is 409 g/mol. The molecule has 0 aromatic heterocycles. The van der Waals surface area contributed by atoms with Gasteiger partial charge in [-0.3, -0.25) is 0 Å². The van der Waals surface area contributed by atoms with Crippen LogP contribution in [0.4, 0.5) is 5.69 Å². The molecule has 5 heteroatoms. The summed E-state index contributed by atoms with van der Waals surface area (Å²) in [6.45, 7) is 3.39. The number of nitrogens with two attached hydrogens (primary N) is 1. The van der Waals surface area contributed by atoms with Crippen molar-refractivity contribution in [2.24, 2.45) is 5.73 Å². The average Bonchev–Trinajstić information content (AvgIpc) is 2.58. The number of nitrogens with one attached hydrogen (secondary N) is 1. The van der Waals surface area contributed by atoms with Crippen LogP contribution in [0.5, 0.6) is 0 Å². The molecule has 3 nitrogen and oxygen atoms in total. The number of nitrogens with zero attached hydrogens (tertiary/aromatic N) is 1. The summed E-state index contributed by atoms with van der Waals surface area (Å²) in [5, 5.41) is 4.04. The molecule has 2 rings (SSSR count). The molecule has 0 spiro atoms. The maximum atomic E-state index is 5.98. The lowest BCUT2D eigenvalue weighted by molar-refractivity contribution is 0.682. The van der Waals surface area contributed by atoms with Crippen LogP contribution in [0.3, 0.4) is 0 Å². The van der Waals surface area contributed by atoms with Gasteiger partial charge in [0.2, 0.25) is 0 Å². The molecule has 0 aliphatic heterocycles. The number of benzene rings is 2. The van der Waals surface area contributed by atoms with Crippen molar-refractivity contribution in [3.63, 3.8) is 0 Å². The van der Waals surface area contributed by atoms with Crippen LogP contribution in [-0.2, 0) is 0 Å². The lowest BCUT2D eigenvalue weighted by Gasteiger charge is -2.20. The normalized spacial score (nSPS) is 11.2. The van der Waals surface area contributed by atoms with Crippen LogP contribution < -0.4 is 16.0 Å². The molecule has 0 atom stereocenters. The molecule has 0 amide bonds. The fourth-order valence-corrected chi connectivity index (χ4v) is 3.11. The van der Waals surface area contributed by atoms with Crippen LogP contribution in [0.1, 0.15) is 11.1 Å². The predicted molar refractivity (Wildman–Crippen MR) is 110 cm³/mol. The number of likely N-dealkylation sites (N-methyl/N-ethyl adjacent to an activating group) is 1. The van der Waals surface area contributed by atoms with Gasteiger partial charge in [0.15, 0.2) is 0 Å². The third kappa shape index (κ3) is 5.95. The molecule has 0 saturated carbocycles. The van der Waals surface area contributed by atoms with Gasteiger partial charge in [-0.2, -0.15) is 0 Å². The minimum Gasteiger partial charge on any atom is -0.373 e. The second kappa shape index (κ2) is 9.84. The molecule has 0 radical (unpaired) electrons. The maximum absolute atomic E-state index is 5.98. The Morgan fingerprint density at radius 1 is 1.17 bits per heavy atom. The zero-order chi connectivity index (χ0) is 17.4. The number of rotatable bonds is 8. The van der Waals surface area contributed by atoms with E-state index in [0.29, 0.717) is 6.54 Å². The Balaban J connectivity index is 2.02. The van der Waals surface area contributed by atoms with E-state index in [1.54, 1.807) is 0 Å². The number of hydrogen-bond donors (Lipinski definition) is 2. The molecular formula is C19H23BrClN3. The maximum Gasteiger partial charge on any atom is 0.0417 e. The fourth-order valence-electron chi connectivity index (χ4n) is 2.29. The number of hydrogen-bond acceptors (Lipinski definition) is 3. The number of halogens is 2. The Hall–Kier alpha value is -1.33. The van der Waals surface area contributed by atoms with E-state index >= 15 is 0 Å². The molecule has 2 aromatic rings. The van der Waals surface area contributed by atoms with E-state index in [-0.39, 0.29) is 0 Å². The van der Waals surface area contributed by atoms with Crippen molar-refractivity contribution in [3.8, 4) is 0 Å². The highest BCUT2D eigenvalue weighted by molar-refractivity contribution is 9.10. The van der Waals surface area contributed by atoms with Crippen molar-refractivity contribution in [1.29, 1.82) is 0 Å². The van der Waals surface area contributed by atoms with Gasteiger partial charge in [0.25, 0.3) is 0 Å². The summed E-state index contributed by atoms with van der Waals surface area (Å²) in [7, 11) is 2.10. The quantitative estimate of drug-likeness (QED) is 0.506. The van der Waals surface area contributed by atoms with Crippen molar-refractivity contribution < 1.29 is 0 Å². The second-order valence-electron chi connectivity index (χ2n) is 5.55. The van der Waals surface area contributed by atoms with Gasteiger partial charge >= 0.3 is 0 Å². The Kier molecular flexibility index (Phi) is 7.79. The molecule has 128 valence electrons. The van der Waals surface area contributed by atoms with Crippen molar-refractivity contribution in [2.75, 3.05) is 38.1 Å². The first kappa shape index (κ1) is 19.0. The molecule has 3 N–H and O–H groups in total. The summed E-state index contributed by atoms with van der Waals surface area (Å²) < 4.78 is 0.991. The van der Waals surface area contributed by atoms with Crippen molar-refractivity contribution in [1.82, 2.24) is 5.32 Å². The first-order chi connectivity index (χ1) is 11.6. The molecule has 0 fully saturated rings. The van der Waals surface area contributed by atoms with E-state index in [4.69, 9.17) is 17.3 Å². The molecule has 0 aliphatic rings. The first-order valence-electron chi connectivity index (χ1n) is 7.95. The molecular weight excluding hydrogens is 386 g/mol. The summed E-state index contributed by atoms with van der Waals surface area (Å²) in [6, 6.07) is 14.3. The van der Waals surface area contributed by atoms with Crippen molar-refractivity contribution in [3.05, 3.63) is 63.1 Å². The number of anilines is 1. The highest BCUT2D eigenvalue weighted by atomic mass is 79.9. The van der Waals surface area contributed by atoms with E-state index < -0.39 is 0 Å². The van der Waals surface area contributed by atoms with E-state index in [1.807, 2.05) is 18.2 Å². The fraction of sp³-hybridized carbons (Fsp3) is 0.263. The van der Waals surface area contributed by atoms with Gasteiger partial charge in [-0.05, 0) is 35.4 Å². The third-order valence-corrected chi connectivity index (χ3v) is 4.60. The molecule has 0 heterocycles. The van der Waals surface area contributed by atoms with Crippen LogP contribution in [-0.4, -0.2) is 33.2 Å². The van der Waals surface area contributed by atoms with Gasteiger partial charge in [-0.15, -0.1) is 0 Å². The predicted octanol–water partition coefficient (Wildman–Crippen LogP) is 4.26. The Morgan fingerprint density at radius 3 is 2.75 bits per heavy atom. The summed E-state index contributed by atoms with van der Waals surface area (Å²) in [6.07, 6.45) is 4.19. The van der Waals surface area contributed by atoms with Gasteiger partial charge in [0.1, 0.15) is 0 Å². The van der Waals surface area contributed by atoms with Crippen LogP contribution in [0.15, 0.2) is 46.9 Å². The summed E-state index contributed by atoms with van der Waals surface area (Å²) in [4.78, 5) is 2.24. The highest BCUT2D eigenvalue weighted by Crippen LogP contribution is 2.24. The third-order valence-electron chi connectivity index (χ3n) is 3.67. The minimum atomic E-state index is 0.671. The zero-order valence-corrected chi connectivity index (χ0v) is 16.1. The summed E-state index contributed by atoms with van der Waals surface area (Å²) in [5.74, 6) is 0. The lowest BCUT2D eigenvalue weighted by atomic mass is 10.1. The zero-order valence-electron chi connectivity index (χ0n) is 13.8. The van der Waals surface area contributed by atoms with E-state index in [2.05, 4.69) is 69.6 Å². The molecule has 2 aromatic carbocycles. The Bertz CT molecular complexity index is 688.